The van der Waals surface area contributed by atoms with E-state index in [1.165, 1.54) is 24.3 Å². The Morgan fingerprint density at radius 1 is 1.50 bits per heavy atom. The Morgan fingerprint density at radius 2 is 2.35 bits per heavy atom. The van der Waals surface area contributed by atoms with Gasteiger partial charge in [-0.3, -0.25) is 0 Å². The van der Waals surface area contributed by atoms with Crippen molar-refractivity contribution < 1.29 is 0 Å². The highest BCUT2D eigenvalue weighted by atomic mass is 35.5. The molecule has 0 aliphatic carbocycles. The summed E-state index contributed by atoms with van der Waals surface area (Å²) in [6, 6.07) is 2.58. The minimum absolute atomic E-state index is 0.324. The Balaban J connectivity index is 1.86. The summed E-state index contributed by atoms with van der Waals surface area (Å²) in [5.41, 5.74) is 0. The molecule has 0 saturated carbocycles. The molecular weight excluding hydrogens is 292 g/mol. The molecule has 1 N–H and O–H groups in total. The number of aryl methyl sites for hydroxylation is 1. The van der Waals surface area contributed by atoms with Gasteiger partial charge in [0.05, 0.1) is 5.39 Å². The van der Waals surface area contributed by atoms with Crippen LogP contribution in [0, 0.1) is 6.92 Å². The van der Waals surface area contributed by atoms with Crippen molar-refractivity contribution in [3.05, 3.63) is 16.2 Å². The number of aromatic nitrogens is 2. The van der Waals surface area contributed by atoms with E-state index in [0.717, 1.165) is 29.1 Å². The van der Waals surface area contributed by atoms with Crippen LogP contribution in [-0.4, -0.2) is 40.5 Å². The van der Waals surface area contributed by atoms with Gasteiger partial charge in [0.1, 0.15) is 10.6 Å². The molecule has 6 heteroatoms. The van der Waals surface area contributed by atoms with Gasteiger partial charge in [0.25, 0.3) is 0 Å². The maximum absolute atomic E-state index is 6.04. The lowest BCUT2D eigenvalue weighted by atomic mass is 10.1. The molecule has 2 aromatic heterocycles. The molecule has 3 rings (SSSR count). The molecule has 1 fully saturated rings. The standard InChI is InChI=1S/C14H19ClN4S/c1-3-19-6-4-5-10(8-19)16-12-11-7-9(2)20-13(11)18-14(15)17-12/h7,10H,3-6,8H2,1-2H3,(H,16,17,18). The predicted octanol–water partition coefficient (Wildman–Crippen LogP) is 3.55. The molecule has 0 bridgehead atoms. The molecule has 108 valence electrons. The van der Waals surface area contributed by atoms with Crippen molar-refractivity contribution in [2.24, 2.45) is 0 Å². The van der Waals surface area contributed by atoms with Crippen molar-refractivity contribution in [2.45, 2.75) is 32.7 Å². The number of thiophene rings is 1. The number of likely N-dealkylation sites (N-methyl/N-ethyl adjacent to an activating group) is 1. The van der Waals surface area contributed by atoms with Crippen molar-refractivity contribution in [3.63, 3.8) is 0 Å². The summed E-state index contributed by atoms with van der Waals surface area (Å²) < 4.78 is 0. The molecule has 1 aliphatic rings. The highest BCUT2D eigenvalue weighted by Gasteiger charge is 2.20. The summed E-state index contributed by atoms with van der Waals surface area (Å²) in [4.78, 5) is 13.4. The zero-order chi connectivity index (χ0) is 14.1. The van der Waals surface area contributed by atoms with Gasteiger partial charge in [-0.05, 0) is 50.5 Å². The van der Waals surface area contributed by atoms with Crippen molar-refractivity contribution in [3.8, 4) is 0 Å². The highest BCUT2D eigenvalue weighted by molar-refractivity contribution is 7.18. The Morgan fingerprint density at radius 3 is 3.15 bits per heavy atom. The molecule has 0 aromatic carbocycles. The molecule has 3 heterocycles. The van der Waals surface area contributed by atoms with Crippen molar-refractivity contribution in [1.29, 1.82) is 0 Å². The zero-order valence-electron chi connectivity index (χ0n) is 11.8. The number of halogens is 1. The molecular formula is C14H19ClN4S. The van der Waals surface area contributed by atoms with Gasteiger partial charge in [-0.1, -0.05) is 6.92 Å². The molecule has 1 saturated heterocycles. The summed E-state index contributed by atoms with van der Waals surface area (Å²) in [6.07, 6.45) is 2.42. The van der Waals surface area contributed by atoms with Crippen LogP contribution in [-0.2, 0) is 0 Å². The minimum atomic E-state index is 0.324. The van der Waals surface area contributed by atoms with Gasteiger partial charge >= 0.3 is 0 Å². The zero-order valence-corrected chi connectivity index (χ0v) is 13.4. The number of likely N-dealkylation sites (tertiary alicyclic amines) is 1. The second-order valence-electron chi connectivity index (χ2n) is 5.29. The van der Waals surface area contributed by atoms with Crippen molar-refractivity contribution in [2.75, 3.05) is 25.0 Å². The smallest absolute Gasteiger partial charge is 0.225 e. The van der Waals surface area contributed by atoms with Crippen LogP contribution in [0.5, 0.6) is 0 Å². The van der Waals surface area contributed by atoms with Crippen LogP contribution in [0.1, 0.15) is 24.6 Å². The lowest BCUT2D eigenvalue weighted by Crippen LogP contribution is -2.42. The van der Waals surface area contributed by atoms with Crippen LogP contribution in [0.4, 0.5) is 5.82 Å². The Bertz CT molecular complexity index is 612. The lowest BCUT2D eigenvalue weighted by molar-refractivity contribution is 0.226. The monoisotopic (exact) mass is 310 g/mol. The van der Waals surface area contributed by atoms with Crippen LogP contribution in [0.3, 0.4) is 0 Å². The fourth-order valence-electron chi connectivity index (χ4n) is 2.78. The third kappa shape index (κ3) is 2.90. The summed E-state index contributed by atoms with van der Waals surface area (Å²) in [5, 5.41) is 4.98. The van der Waals surface area contributed by atoms with Crippen LogP contribution < -0.4 is 5.32 Å². The first-order valence-electron chi connectivity index (χ1n) is 7.08. The van der Waals surface area contributed by atoms with Gasteiger partial charge in [-0.15, -0.1) is 11.3 Å². The quantitative estimate of drug-likeness (QED) is 0.880. The molecule has 0 spiro atoms. The minimum Gasteiger partial charge on any atom is -0.365 e. The normalized spacial score (nSPS) is 20.4. The van der Waals surface area contributed by atoms with E-state index >= 15 is 0 Å². The molecule has 4 nitrogen and oxygen atoms in total. The van der Waals surface area contributed by atoms with E-state index in [-0.39, 0.29) is 0 Å². The largest absolute Gasteiger partial charge is 0.365 e. The van der Waals surface area contributed by atoms with E-state index in [0.29, 0.717) is 11.3 Å². The predicted molar refractivity (Wildman–Crippen MR) is 85.9 cm³/mol. The lowest BCUT2D eigenvalue weighted by Gasteiger charge is -2.32. The van der Waals surface area contributed by atoms with Gasteiger partial charge < -0.3 is 10.2 Å². The van der Waals surface area contributed by atoms with E-state index in [1.807, 2.05) is 0 Å². The first kappa shape index (κ1) is 14.0. The van der Waals surface area contributed by atoms with Crippen molar-refractivity contribution in [1.82, 2.24) is 14.9 Å². The Hall–Kier alpha value is -0.910. The molecule has 1 aliphatic heterocycles. The summed E-state index contributed by atoms with van der Waals surface area (Å²) >= 11 is 7.70. The van der Waals surface area contributed by atoms with Crippen LogP contribution >= 0.6 is 22.9 Å². The highest BCUT2D eigenvalue weighted by Crippen LogP contribution is 2.30. The summed E-state index contributed by atoms with van der Waals surface area (Å²) in [6.45, 7) is 7.68. The third-order valence-electron chi connectivity index (χ3n) is 3.78. The van der Waals surface area contributed by atoms with Gasteiger partial charge in [-0.2, -0.15) is 0 Å². The second kappa shape index (κ2) is 5.84. The molecule has 20 heavy (non-hydrogen) atoms. The summed E-state index contributed by atoms with van der Waals surface area (Å²) in [5.74, 6) is 0.882. The van der Waals surface area contributed by atoms with Crippen molar-refractivity contribution >= 4 is 39.0 Å². The Kier molecular flexibility index (Phi) is 4.10. The number of hydrogen-bond acceptors (Lipinski definition) is 5. The fraction of sp³-hybridized carbons (Fsp3) is 0.571. The van der Waals surface area contributed by atoms with E-state index in [1.54, 1.807) is 11.3 Å². The van der Waals surface area contributed by atoms with E-state index < -0.39 is 0 Å². The number of piperidine rings is 1. The second-order valence-corrected chi connectivity index (χ2v) is 6.87. The Labute approximate surface area is 128 Å². The average Bonchev–Trinajstić information content (AvgIpc) is 2.79. The molecule has 1 unspecified atom stereocenters. The number of hydrogen-bond donors (Lipinski definition) is 1. The summed E-state index contributed by atoms with van der Waals surface area (Å²) in [7, 11) is 0. The van der Waals surface area contributed by atoms with Crippen LogP contribution in [0.2, 0.25) is 5.28 Å². The number of nitrogens with one attached hydrogen (secondary N) is 1. The van der Waals surface area contributed by atoms with Crippen LogP contribution in [0.25, 0.3) is 10.2 Å². The SMILES string of the molecule is CCN1CCCC(Nc2nc(Cl)nc3sc(C)cc23)C1. The fourth-order valence-corrected chi connectivity index (χ4v) is 3.88. The number of fused-ring (bicyclic) bond motifs is 1. The van der Waals surface area contributed by atoms with E-state index in [4.69, 9.17) is 11.6 Å². The molecule has 1 atom stereocenters. The maximum Gasteiger partial charge on any atom is 0.225 e. The average molecular weight is 311 g/mol. The molecule has 0 radical (unpaired) electrons. The maximum atomic E-state index is 6.04. The van der Waals surface area contributed by atoms with Gasteiger partial charge in [0.15, 0.2) is 0 Å². The first-order chi connectivity index (χ1) is 9.65. The van der Waals surface area contributed by atoms with E-state index in [9.17, 15) is 0 Å². The number of anilines is 1. The molecule has 2 aromatic rings. The van der Waals surface area contributed by atoms with Crippen LogP contribution in [0.15, 0.2) is 6.07 Å². The number of nitrogens with zero attached hydrogens (tertiary/aromatic N) is 3. The van der Waals surface area contributed by atoms with Gasteiger partial charge in [0, 0.05) is 17.5 Å². The van der Waals surface area contributed by atoms with E-state index in [2.05, 4.69) is 40.1 Å². The number of rotatable bonds is 3. The molecule has 0 amide bonds. The van der Waals surface area contributed by atoms with Gasteiger partial charge in [0.2, 0.25) is 5.28 Å². The topological polar surface area (TPSA) is 41.0 Å². The third-order valence-corrected chi connectivity index (χ3v) is 4.90. The van der Waals surface area contributed by atoms with Gasteiger partial charge in [-0.25, -0.2) is 9.97 Å². The first-order valence-corrected chi connectivity index (χ1v) is 8.27.